The number of ether oxygens (including phenoxy) is 2. The molecule has 0 spiro atoms. The van der Waals surface area contributed by atoms with Crippen molar-refractivity contribution in [2.75, 3.05) is 19.8 Å². The monoisotopic (exact) mass is 586 g/mol. The number of hydrogen-bond donors (Lipinski definition) is 3. The van der Waals surface area contributed by atoms with Crippen molar-refractivity contribution < 1.29 is 29.0 Å². The maximum atomic E-state index is 14.2. The van der Waals surface area contributed by atoms with Crippen molar-refractivity contribution in [1.82, 2.24) is 5.32 Å². The van der Waals surface area contributed by atoms with Gasteiger partial charge in [0.25, 0.3) is 5.60 Å². The summed E-state index contributed by atoms with van der Waals surface area (Å²) in [5.74, 6) is -1.50. The number of esters is 1. The summed E-state index contributed by atoms with van der Waals surface area (Å²) >= 11 is 0. The zero-order chi connectivity index (χ0) is 30.0. The van der Waals surface area contributed by atoms with E-state index in [-0.39, 0.29) is 42.8 Å². The molecule has 0 aromatic rings. The molecule has 2 heterocycles. The number of aliphatic hydroxyl groups excluding tert-OH is 1. The molecule has 2 aliphatic heterocycles. The smallest absolute Gasteiger partial charge is 0.349 e. The van der Waals surface area contributed by atoms with Gasteiger partial charge >= 0.3 is 5.97 Å². The van der Waals surface area contributed by atoms with Gasteiger partial charge in [0.2, 0.25) is 0 Å². The summed E-state index contributed by atoms with van der Waals surface area (Å²) < 4.78 is 11.9. The molecule has 236 valence electrons. The first-order chi connectivity index (χ1) is 20.2. The second-order valence-corrected chi connectivity index (χ2v) is 14.1. The lowest BCUT2D eigenvalue weighted by molar-refractivity contribution is -0.158. The standard InChI is InChI=1S/C34H54N2O6/c1-3-4-5-11-18-41-31(40)34-30(39)27-13-8-7-12-26(27)29(38)33(34,42-34)21-24(22-37)23(2)20-32(15-9-6-10-16-32)25-14-17-36-28(35)19-25/h25-28,36-37H,3-22,35H2,1-2H3/t25?,26?,27?,28?,33-,34-/m0/s1. The number of piperidine rings is 1. The fourth-order valence-electron chi connectivity index (χ4n) is 9.17. The Kier molecular flexibility index (Phi) is 9.97. The molecule has 42 heavy (non-hydrogen) atoms. The minimum Gasteiger partial charge on any atom is -0.463 e. The van der Waals surface area contributed by atoms with Gasteiger partial charge in [0.1, 0.15) is 0 Å². The van der Waals surface area contributed by atoms with Gasteiger partial charge in [0, 0.05) is 18.3 Å². The Bertz CT molecular complexity index is 1050. The van der Waals surface area contributed by atoms with Crippen LogP contribution in [0.4, 0.5) is 0 Å². The number of carbonyl (C=O) groups is 3. The number of nitrogens with two attached hydrogens (primary N) is 1. The SMILES string of the molecule is CCCCCCOC(=O)[C@]12O[C@@]1(CC(CO)=C(C)CC1(C3CCNC(N)C3)CCCCC1)C(=O)C1CCCCC1C2=O. The molecule has 5 aliphatic rings. The van der Waals surface area contributed by atoms with Crippen LogP contribution in [0.1, 0.15) is 123 Å². The maximum absolute atomic E-state index is 14.2. The molecular formula is C34H54N2O6. The summed E-state index contributed by atoms with van der Waals surface area (Å²) in [6.45, 7) is 5.10. The largest absolute Gasteiger partial charge is 0.463 e. The van der Waals surface area contributed by atoms with E-state index in [9.17, 15) is 19.5 Å². The van der Waals surface area contributed by atoms with Crippen LogP contribution in [-0.4, -0.2) is 59.8 Å². The summed E-state index contributed by atoms with van der Waals surface area (Å²) in [5, 5.41) is 14.1. The van der Waals surface area contributed by atoms with Gasteiger partial charge in [-0.1, -0.05) is 63.9 Å². The van der Waals surface area contributed by atoms with Gasteiger partial charge in [-0.2, -0.15) is 0 Å². The van der Waals surface area contributed by atoms with E-state index in [0.717, 1.165) is 88.3 Å². The van der Waals surface area contributed by atoms with Crippen LogP contribution in [0.2, 0.25) is 0 Å². The Morgan fingerprint density at radius 3 is 2.38 bits per heavy atom. The van der Waals surface area contributed by atoms with E-state index in [0.29, 0.717) is 18.8 Å². The predicted octanol–water partition coefficient (Wildman–Crippen LogP) is 4.90. The van der Waals surface area contributed by atoms with Crippen molar-refractivity contribution in [1.29, 1.82) is 0 Å². The number of fused-ring (bicyclic) bond motifs is 2. The normalized spacial score (nSPS) is 36.5. The number of carbonyl (C=O) groups excluding carboxylic acids is 3. The molecule has 0 aromatic heterocycles. The summed E-state index contributed by atoms with van der Waals surface area (Å²) in [6, 6.07) is 0. The van der Waals surface area contributed by atoms with Crippen molar-refractivity contribution in [3.05, 3.63) is 11.1 Å². The highest BCUT2D eigenvalue weighted by Crippen LogP contribution is 2.62. The zero-order valence-corrected chi connectivity index (χ0v) is 26.0. The summed E-state index contributed by atoms with van der Waals surface area (Å²) in [6.07, 6.45) is 15.7. The fourth-order valence-corrected chi connectivity index (χ4v) is 9.17. The first-order valence-electron chi connectivity index (χ1n) is 17.0. The molecule has 5 rings (SSSR count). The Morgan fingerprint density at radius 1 is 1.00 bits per heavy atom. The summed E-state index contributed by atoms with van der Waals surface area (Å²) in [7, 11) is 0. The van der Waals surface area contributed by atoms with Crippen LogP contribution < -0.4 is 11.1 Å². The molecule has 4 N–H and O–H groups in total. The fraction of sp³-hybridized carbons (Fsp3) is 0.853. The maximum Gasteiger partial charge on any atom is 0.349 e. The Morgan fingerprint density at radius 2 is 1.71 bits per heavy atom. The van der Waals surface area contributed by atoms with Crippen LogP contribution >= 0.6 is 0 Å². The van der Waals surface area contributed by atoms with Crippen LogP contribution in [0, 0.1) is 23.2 Å². The van der Waals surface area contributed by atoms with E-state index in [1.165, 1.54) is 19.3 Å². The Hall–Kier alpha value is -1.61. The molecule has 8 heteroatoms. The van der Waals surface area contributed by atoms with Crippen LogP contribution in [0.3, 0.4) is 0 Å². The third-order valence-corrected chi connectivity index (χ3v) is 11.6. The third-order valence-electron chi connectivity index (χ3n) is 11.6. The van der Waals surface area contributed by atoms with E-state index in [1.54, 1.807) is 0 Å². The average molecular weight is 587 g/mol. The minimum absolute atomic E-state index is 0.00538. The van der Waals surface area contributed by atoms with Gasteiger partial charge < -0.3 is 25.6 Å². The number of epoxide rings is 1. The molecule has 0 bridgehead atoms. The first-order valence-corrected chi connectivity index (χ1v) is 17.0. The molecule has 0 radical (unpaired) electrons. The van der Waals surface area contributed by atoms with E-state index in [1.807, 2.05) is 0 Å². The molecule has 0 aromatic carbocycles. The molecule has 5 fully saturated rings. The molecule has 0 amide bonds. The van der Waals surface area contributed by atoms with Gasteiger partial charge in [-0.15, -0.1) is 0 Å². The van der Waals surface area contributed by atoms with Gasteiger partial charge in [0.15, 0.2) is 17.2 Å². The second kappa shape index (κ2) is 13.2. The lowest BCUT2D eigenvalue weighted by atomic mass is 9.59. The molecule has 3 aliphatic carbocycles. The summed E-state index contributed by atoms with van der Waals surface area (Å²) in [5.41, 5.74) is 4.82. The van der Waals surface area contributed by atoms with Crippen LogP contribution in [0.5, 0.6) is 0 Å². The molecular weight excluding hydrogens is 532 g/mol. The van der Waals surface area contributed by atoms with Crippen molar-refractivity contribution >= 4 is 17.5 Å². The van der Waals surface area contributed by atoms with Crippen LogP contribution in [0.15, 0.2) is 11.1 Å². The van der Waals surface area contributed by atoms with Gasteiger partial charge in [-0.05, 0) is 81.7 Å². The van der Waals surface area contributed by atoms with Gasteiger partial charge in [0.05, 0.1) is 19.4 Å². The van der Waals surface area contributed by atoms with Gasteiger partial charge in [-0.3, -0.25) is 9.59 Å². The van der Waals surface area contributed by atoms with Crippen LogP contribution in [0.25, 0.3) is 0 Å². The van der Waals surface area contributed by atoms with E-state index < -0.39 is 29.0 Å². The number of ketones is 2. The number of Topliss-reactive ketones (excluding diaryl/α,β-unsaturated/α-hetero) is 2. The predicted molar refractivity (Wildman–Crippen MR) is 160 cm³/mol. The molecule has 6 atom stereocenters. The number of nitrogens with one attached hydrogen (secondary N) is 1. The number of hydrogen-bond acceptors (Lipinski definition) is 8. The first kappa shape index (κ1) is 31.8. The number of rotatable bonds is 12. The van der Waals surface area contributed by atoms with E-state index >= 15 is 0 Å². The Labute approximate surface area is 251 Å². The van der Waals surface area contributed by atoms with Crippen molar-refractivity contribution in [3.8, 4) is 0 Å². The summed E-state index contributed by atoms with van der Waals surface area (Å²) in [4.78, 5) is 41.9. The molecule has 4 unspecified atom stereocenters. The zero-order valence-electron chi connectivity index (χ0n) is 26.0. The number of aliphatic hydroxyl groups is 1. The highest BCUT2D eigenvalue weighted by Gasteiger charge is 2.87. The lowest BCUT2D eigenvalue weighted by Gasteiger charge is -2.47. The molecule has 3 saturated carbocycles. The van der Waals surface area contributed by atoms with E-state index in [2.05, 4.69) is 19.2 Å². The quantitative estimate of drug-likeness (QED) is 0.0968. The number of unbranched alkanes of at least 4 members (excludes halogenated alkanes) is 3. The lowest BCUT2D eigenvalue weighted by Crippen LogP contribution is -2.58. The topological polar surface area (TPSA) is 131 Å². The van der Waals surface area contributed by atoms with Crippen molar-refractivity contribution in [3.63, 3.8) is 0 Å². The third kappa shape index (κ3) is 5.66. The van der Waals surface area contributed by atoms with Crippen molar-refractivity contribution in [2.45, 2.75) is 140 Å². The number of allylic oxidation sites excluding steroid dienone is 1. The Balaban J connectivity index is 1.42. The molecule has 2 saturated heterocycles. The van der Waals surface area contributed by atoms with Crippen LogP contribution in [-0.2, 0) is 23.9 Å². The average Bonchev–Trinajstić information content (AvgIpc) is 3.70. The molecule has 8 nitrogen and oxygen atoms in total. The highest BCUT2D eigenvalue weighted by atomic mass is 16.7. The minimum atomic E-state index is -1.86. The van der Waals surface area contributed by atoms with Gasteiger partial charge in [-0.25, -0.2) is 4.79 Å². The van der Waals surface area contributed by atoms with E-state index in [4.69, 9.17) is 15.2 Å². The second-order valence-electron chi connectivity index (χ2n) is 14.1. The highest BCUT2D eigenvalue weighted by molar-refractivity contribution is 6.23. The van der Waals surface area contributed by atoms with Crippen molar-refractivity contribution in [2.24, 2.45) is 28.9 Å².